The molecule has 1 amide bonds. The van der Waals surface area contributed by atoms with Gasteiger partial charge in [-0.05, 0) is 19.2 Å². The molecule has 0 unspecified atom stereocenters. The number of carbonyl (C=O) groups is 1. The van der Waals surface area contributed by atoms with E-state index in [1.165, 1.54) is 6.20 Å². The predicted molar refractivity (Wildman–Crippen MR) is 62.0 cm³/mol. The number of pyridine rings is 1. The molecule has 5 nitrogen and oxygen atoms in total. The number of nitrogens with two attached hydrogens (primary N) is 1. The average molecular weight is 220 g/mol. The second-order valence-electron chi connectivity index (χ2n) is 4.07. The van der Waals surface area contributed by atoms with Crippen LogP contribution in [-0.4, -0.2) is 53.9 Å². The van der Waals surface area contributed by atoms with Crippen LogP contribution < -0.4 is 5.73 Å². The fraction of sp³-hybridized carbons (Fsp3) is 0.455. The number of rotatable bonds is 1. The minimum atomic E-state index is -0.00639. The van der Waals surface area contributed by atoms with Crippen LogP contribution in [0.3, 0.4) is 0 Å². The van der Waals surface area contributed by atoms with Crippen molar-refractivity contribution in [2.24, 2.45) is 0 Å². The maximum Gasteiger partial charge on any atom is 0.272 e. The van der Waals surface area contributed by atoms with Gasteiger partial charge in [0, 0.05) is 26.2 Å². The van der Waals surface area contributed by atoms with Crippen molar-refractivity contribution in [2.45, 2.75) is 0 Å². The van der Waals surface area contributed by atoms with Gasteiger partial charge in [0.05, 0.1) is 11.9 Å². The summed E-state index contributed by atoms with van der Waals surface area (Å²) in [6.07, 6.45) is 1.52. The summed E-state index contributed by atoms with van der Waals surface area (Å²) >= 11 is 0. The van der Waals surface area contributed by atoms with Crippen molar-refractivity contribution in [1.29, 1.82) is 0 Å². The van der Waals surface area contributed by atoms with E-state index in [2.05, 4.69) is 16.9 Å². The molecule has 16 heavy (non-hydrogen) atoms. The summed E-state index contributed by atoms with van der Waals surface area (Å²) in [5.41, 5.74) is 6.58. The lowest BCUT2D eigenvalue weighted by Gasteiger charge is -2.32. The predicted octanol–water partition coefficient (Wildman–Crippen LogP) is 0.0514. The van der Waals surface area contributed by atoms with Crippen LogP contribution in [0.1, 0.15) is 10.5 Å². The first kappa shape index (κ1) is 10.9. The van der Waals surface area contributed by atoms with Crippen molar-refractivity contribution >= 4 is 11.6 Å². The molecule has 1 fully saturated rings. The molecule has 2 N–H and O–H groups in total. The van der Waals surface area contributed by atoms with E-state index in [0.29, 0.717) is 11.4 Å². The molecular weight excluding hydrogens is 204 g/mol. The highest BCUT2D eigenvalue weighted by Gasteiger charge is 2.20. The van der Waals surface area contributed by atoms with Crippen LogP contribution in [-0.2, 0) is 0 Å². The number of amides is 1. The van der Waals surface area contributed by atoms with E-state index < -0.39 is 0 Å². The first-order valence-electron chi connectivity index (χ1n) is 5.36. The number of nitrogens with zero attached hydrogens (tertiary/aromatic N) is 3. The van der Waals surface area contributed by atoms with Crippen molar-refractivity contribution in [1.82, 2.24) is 14.8 Å². The number of aromatic nitrogens is 1. The average Bonchev–Trinajstić information content (AvgIpc) is 2.30. The second kappa shape index (κ2) is 4.49. The summed E-state index contributed by atoms with van der Waals surface area (Å²) in [6, 6.07) is 3.38. The Balaban J connectivity index is 2.05. The number of hydrogen-bond acceptors (Lipinski definition) is 4. The third kappa shape index (κ3) is 2.30. The fourth-order valence-electron chi connectivity index (χ4n) is 1.70. The van der Waals surface area contributed by atoms with Crippen molar-refractivity contribution < 1.29 is 4.79 Å². The zero-order chi connectivity index (χ0) is 11.5. The normalized spacial score (nSPS) is 17.4. The van der Waals surface area contributed by atoms with E-state index in [4.69, 9.17) is 5.73 Å². The summed E-state index contributed by atoms with van der Waals surface area (Å²) in [5.74, 6) is -0.00639. The molecule has 5 heteroatoms. The standard InChI is InChI=1S/C11H16N4O/c1-14-4-6-15(7-5-14)11(16)10-3-2-9(12)8-13-10/h2-3,8H,4-7,12H2,1H3. The molecule has 0 spiro atoms. The fourth-order valence-corrected chi connectivity index (χ4v) is 1.70. The monoisotopic (exact) mass is 220 g/mol. The van der Waals surface area contributed by atoms with E-state index in [1.807, 2.05) is 4.90 Å². The van der Waals surface area contributed by atoms with Gasteiger partial charge in [-0.3, -0.25) is 4.79 Å². The van der Waals surface area contributed by atoms with Crippen LogP contribution in [0.25, 0.3) is 0 Å². The highest BCUT2D eigenvalue weighted by Crippen LogP contribution is 2.07. The number of carbonyl (C=O) groups excluding carboxylic acids is 1. The second-order valence-corrected chi connectivity index (χ2v) is 4.07. The van der Waals surface area contributed by atoms with Gasteiger partial charge in [-0.1, -0.05) is 0 Å². The Bertz CT molecular complexity index is 368. The largest absolute Gasteiger partial charge is 0.397 e. The summed E-state index contributed by atoms with van der Waals surface area (Å²) < 4.78 is 0. The third-order valence-electron chi connectivity index (χ3n) is 2.80. The molecule has 0 radical (unpaired) electrons. The molecule has 0 saturated carbocycles. The van der Waals surface area contributed by atoms with Crippen molar-refractivity contribution in [3.8, 4) is 0 Å². The number of piperazine rings is 1. The third-order valence-corrected chi connectivity index (χ3v) is 2.80. The van der Waals surface area contributed by atoms with E-state index in [0.717, 1.165) is 26.2 Å². The number of likely N-dealkylation sites (N-methyl/N-ethyl adjacent to an activating group) is 1. The van der Waals surface area contributed by atoms with Crippen molar-refractivity contribution in [3.05, 3.63) is 24.0 Å². The van der Waals surface area contributed by atoms with Gasteiger partial charge in [0.15, 0.2) is 0 Å². The zero-order valence-corrected chi connectivity index (χ0v) is 9.39. The van der Waals surface area contributed by atoms with Gasteiger partial charge >= 0.3 is 0 Å². The maximum atomic E-state index is 12.0. The Morgan fingerprint density at radius 2 is 2.00 bits per heavy atom. The summed E-state index contributed by atoms with van der Waals surface area (Å²) in [7, 11) is 2.06. The van der Waals surface area contributed by atoms with Crippen LogP contribution in [0.4, 0.5) is 5.69 Å². The van der Waals surface area contributed by atoms with Crippen LogP contribution in [0, 0.1) is 0 Å². The first-order valence-corrected chi connectivity index (χ1v) is 5.36. The lowest BCUT2D eigenvalue weighted by Crippen LogP contribution is -2.47. The summed E-state index contributed by atoms with van der Waals surface area (Å²) in [4.78, 5) is 20.1. The molecule has 86 valence electrons. The molecule has 2 rings (SSSR count). The highest BCUT2D eigenvalue weighted by molar-refractivity contribution is 5.92. The quantitative estimate of drug-likeness (QED) is 0.726. The molecule has 1 aliphatic rings. The maximum absolute atomic E-state index is 12.0. The first-order chi connectivity index (χ1) is 7.66. The van der Waals surface area contributed by atoms with E-state index >= 15 is 0 Å². The Hall–Kier alpha value is -1.62. The van der Waals surface area contributed by atoms with Crippen molar-refractivity contribution in [2.75, 3.05) is 39.0 Å². The molecule has 1 aromatic rings. The molecule has 0 aliphatic carbocycles. The van der Waals surface area contributed by atoms with Gasteiger partial charge in [-0.25, -0.2) is 4.98 Å². The molecule has 1 saturated heterocycles. The molecule has 1 aliphatic heterocycles. The molecular formula is C11H16N4O. The summed E-state index contributed by atoms with van der Waals surface area (Å²) in [5, 5.41) is 0. The zero-order valence-electron chi connectivity index (χ0n) is 9.39. The van der Waals surface area contributed by atoms with Crippen LogP contribution in [0.2, 0.25) is 0 Å². The van der Waals surface area contributed by atoms with E-state index in [-0.39, 0.29) is 5.91 Å². The van der Waals surface area contributed by atoms with E-state index in [9.17, 15) is 4.79 Å². The lowest BCUT2D eigenvalue weighted by atomic mass is 10.2. The smallest absolute Gasteiger partial charge is 0.272 e. The van der Waals surface area contributed by atoms with Crippen LogP contribution in [0.15, 0.2) is 18.3 Å². The minimum absolute atomic E-state index is 0.00639. The Morgan fingerprint density at radius 3 is 2.56 bits per heavy atom. The van der Waals surface area contributed by atoms with Gasteiger partial charge in [0.25, 0.3) is 5.91 Å². The van der Waals surface area contributed by atoms with Crippen molar-refractivity contribution in [3.63, 3.8) is 0 Å². The number of nitrogen functional groups attached to an aromatic ring is 1. The summed E-state index contributed by atoms with van der Waals surface area (Å²) in [6.45, 7) is 3.37. The van der Waals surface area contributed by atoms with Gasteiger partial charge in [0.1, 0.15) is 5.69 Å². The molecule has 0 atom stereocenters. The molecule has 1 aromatic heterocycles. The highest BCUT2D eigenvalue weighted by atomic mass is 16.2. The number of anilines is 1. The minimum Gasteiger partial charge on any atom is -0.397 e. The lowest BCUT2D eigenvalue weighted by molar-refractivity contribution is 0.0658. The van der Waals surface area contributed by atoms with Gasteiger partial charge in [0.2, 0.25) is 0 Å². The van der Waals surface area contributed by atoms with Crippen LogP contribution >= 0.6 is 0 Å². The van der Waals surface area contributed by atoms with Gasteiger partial charge < -0.3 is 15.5 Å². The number of hydrogen-bond donors (Lipinski definition) is 1. The SMILES string of the molecule is CN1CCN(C(=O)c2ccc(N)cn2)CC1. The Morgan fingerprint density at radius 1 is 1.31 bits per heavy atom. The Kier molecular flexibility index (Phi) is 3.05. The Labute approximate surface area is 94.9 Å². The molecule has 2 heterocycles. The topological polar surface area (TPSA) is 62.5 Å². The molecule has 0 aromatic carbocycles. The van der Waals surface area contributed by atoms with Gasteiger partial charge in [-0.15, -0.1) is 0 Å². The van der Waals surface area contributed by atoms with Crippen LogP contribution in [0.5, 0.6) is 0 Å². The van der Waals surface area contributed by atoms with Gasteiger partial charge in [-0.2, -0.15) is 0 Å². The van der Waals surface area contributed by atoms with E-state index in [1.54, 1.807) is 12.1 Å². The molecule has 0 bridgehead atoms.